The van der Waals surface area contributed by atoms with Crippen molar-refractivity contribution in [3.63, 3.8) is 0 Å². The van der Waals surface area contributed by atoms with Crippen LogP contribution in [0.25, 0.3) is 33.7 Å². The third-order valence-corrected chi connectivity index (χ3v) is 9.01. The molecule has 2 aliphatic rings. The monoisotopic (exact) mass is 650 g/mol. The first kappa shape index (κ1) is 31.2. The van der Waals surface area contributed by atoms with E-state index < -0.39 is 0 Å². The Balaban J connectivity index is 0.934. The average Bonchev–Trinajstić information content (AvgIpc) is 3.89. The second-order valence-electron chi connectivity index (χ2n) is 12.0. The summed E-state index contributed by atoms with van der Waals surface area (Å²) in [5.41, 5.74) is 3.75. The van der Waals surface area contributed by atoms with Crippen molar-refractivity contribution in [1.82, 2.24) is 49.7 Å². The number of pyridine rings is 3. The minimum absolute atomic E-state index is 0.0152. The number of nitrogens with one attached hydrogen (secondary N) is 1. The van der Waals surface area contributed by atoms with Gasteiger partial charge in [-0.3, -0.25) is 29.2 Å². The molecule has 0 bridgehead atoms. The summed E-state index contributed by atoms with van der Waals surface area (Å²) in [6.07, 6.45) is 5.84. The molecule has 2 aliphatic heterocycles. The number of H-pyrrole nitrogens is 1. The van der Waals surface area contributed by atoms with E-state index in [4.69, 9.17) is 9.72 Å². The largest absolute Gasteiger partial charge is 0.481 e. The second kappa shape index (κ2) is 13.4. The molecule has 5 aromatic heterocycles. The van der Waals surface area contributed by atoms with Crippen molar-refractivity contribution >= 4 is 34.5 Å². The van der Waals surface area contributed by atoms with Crippen molar-refractivity contribution < 1.29 is 14.3 Å². The Labute approximate surface area is 277 Å². The standard InChI is InChI=1S/C33H38N12O3/c1-4-45(27-9-7-25-31(37-27)30(39-38-25)22-6-10-28(48-3)35-17-22)33(47)24-11-12-42(19-24)20-29(46)44-15-13-43(14-16-44)26-8-5-23(18-34-26)32-36-21-41(2)40-32/h5-10,17-18,21,24H,4,11-16,19-20H2,1-3H3,(H,38,39)/t24-/m1/s1. The number of aryl methyl sites for hydroxylation is 1. The van der Waals surface area contributed by atoms with Crippen LogP contribution in [0.5, 0.6) is 5.88 Å². The van der Waals surface area contributed by atoms with Gasteiger partial charge in [0.15, 0.2) is 5.82 Å². The molecule has 0 radical (unpaired) electrons. The van der Waals surface area contributed by atoms with Crippen molar-refractivity contribution in [1.29, 1.82) is 0 Å². The summed E-state index contributed by atoms with van der Waals surface area (Å²) in [6.45, 7) is 6.63. The van der Waals surface area contributed by atoms with Gasteiger partial charge in [0, 0.05) is 75.9 Å². The highest BCUT2D eigenvalue weighted by Gasteiger charge is 2.34. The van der Waals surface area contributed by atoms with Gasteiger partial charge < -0.3 is 14.5 Å². The summed E-state index contributed by atoms with van der Waals surface area (Å²) in [5.74, 6) is 2.50. The molecule has 0 unspecified atom stereocenters. The molecule has 1 N–H and O–H groups in total. The van der Waals surface area contributed by atoms with E-state index in [0.717, 1.165) is 22.5 Å². The number of nitrogens with zero attached hydrogens (tertiary/aromatic N) is 11. The fraction of sp³-hybridized carbons (Fsp3) is 0.394. The Kier molecular flexibility index (Phi) is 8.67. The SMILES string of the molecule is CCN(C(=O)[C@@H]1CCN(CC(=O)N2CCN(c3ccc(-c4ncn(C)n4)cn3)CC2)C1)c1ccc2[nH]nc(-c3ccc(OC)nc3)c2n1. The minimum Gasteiger partial charge on any atom is -0.481 e. The van der Waals surface area contributed by atoms with Crippen LogP contribution in [0.2, 0.25) is 0 Å². The van der Waals surface area contributed by atoms with Crippen LogP contribution in [0.15, 0.2) is 55.1 Å². The number of ether oxygens (including phenoxy) is 1. The molecule has 15 heteroatoms. The number of hydrogen-bond donors (Lipinski definition) is 1. The number of fused-ring (bicyclic) bond motifs is 1. The number of likely N-dealkylation sites (tertiary alicyclic amines) is 1. The van der Waals surface area contributed by atoms with Gasteiger partial charge in [0.25, 0.3) is 0 Å². The summed E-state index contributed by atoms with van der Waals surface area (Å²) in [5, 5.41) is 11.8. The van der Waals surface area contributed by atoms with Crippen LogP contribution in [-0.4, -0.2) is 121 Å². The third kappa shape index (κ3) is 6.28. The molecule has 15 nitrogen and oxygen atoms in total. The van der Waals surface area contributed by atoms with Gasteiger partial charge in [-0.15, -0.1) is 0 Å². The number of amides is 2. The van der Waals surface area contributed by atoms with Gasteiger partial charge in [-0.25, -0.2) is 19.9 Å². The van der Waals surface area contributed by atoms with Crippen molar-refractivity contribution in [2.75, 3.05) is 69.3 Å². The zero-order valence-electron chi connectivity index (χ0n) is 27.3. The van der Waals surface area contributed by atoms with Gasteiger partial charge in [0.1, 0.15) is 29.2 Å². The Morgan fingerprint density at radius 1 is 0.979 bits per heavy atom. The lowest BCUT2D eigenvalue weighted by Crippen LogP contribution is -2.51. The maximum atomic E-state index is 13.8. The summed E-state index contributed by atoms with van der Waals surface area (Å²) in [4.78, 5) is 53.0. The topological polar surface area (TPSA) is 154 Å². The molecule has 0 aromatic carbocycles. The van der Waals surface area contributed by atoms with Gasteiger partial charge in [-0.2, -0.15) is 10.2 Å². The third-order valence-electron chi connectivity index (χ3n) is 9.01. The number of aromatic amines is 1. The number of piperazine rings is 1. The summed E-state index contributed by atoms with van der Waals surface area (Å²) in [7, 11) is 3.41. The number of methoxy groups -OCH3 is 1. The molecule has 2 fully saturated rings. The van der Waals surface area contributed by atoms with Gasteiger partial charge in [0.05, 0.1) is 25.1 Å². The van der Waals surface area contributed by atoms with E-state index >= 15 is 0 Å². The first-order chi connectivity index (χ1) is 23.4. The molecule has 248 valence electrons. The first-order valence-electron chi connectivity index (χ1n) is 16.1. The molecule has 48 heavy (non-hydrogen) atoms. The lowest BCUT2D eigenvalue weighted by Gasteiger charge is -2.36. The predicted molar refractivity (Wildman–Crippen MR) is 179 cm³/mol. The zero-order chi connectivity index (χ0) is 33.2. The molecule has 2 amide bonds. The summed E-state index contributed by atoms with van der Waals surface area (Å²) in [6, 6.07) is 11.3. The van der Waals surface area contributed by atoms with Gasteiger partial charge in [0.2, 0.25) is 17.7 Å². The molecule has 1 atom stereocenters. The number of carbonyl (C=O) groups excluding carboxylic acids is 2. The lowest BCUT2D eigenvalue weighted by molar-refractivity contribution is -0.132. The van der Waals surface area contributed by atoms with Gasteiger partial charge in [-0.05, 0) is 50.2 Å². The van der Waals surface area contributed by atoms with Crippen LogP contribution >= 0.6 is 0 Å². The maximum Gasteiger partial charge on any atom is 0.236 e. The van der Waals surface area contributed by atoms with Crippen LogP contribution < -0.4 is 14.5 Å². The van der Waals surface area contributed by atoms with Crippen LogP contribution in [0.3, 0.4) is 0 Å². The van der Waals surface area contributed by atoms with E-state index in [1.807, 2.05) is 49.2 Å². The first-order valence-corrected chi connectivity index (χ1v) is 16.1. The molecular weight excluding hydrogens is 612 g/mol. The van der Waals surface area contributed by atoms with E-state index in [1.165, 1.54) is 0 Å². The predicted octanol–water partition coefficient (Wildman–Crippen LogP) is 2.24. The van der Waals surface area contributed by atoms with Gasteiger partial charge in [-0.1, -0.05) is 0 Å². The molecule has 5 aromatic rings. The molecule has 2 saturated heterocycles. The molecule has 0 saturated carbocycles. The van der Waals surface area contributed by atoms with Crippen molar-refractivity contribution in [2.45, 2.75) is 13.3 Å². The van der Waals surface area contributed by atoms with E-state index in [2.05, 4.69) is 40.0 Å². The second-order valence-corrected chi connectivity index (χ2v) is 12.0. The molecule has 7 heterocycles. The van der Waals surface area contributed by atoms with Crippen molar-refractivity contribution in [3.05, 3.63) is 55.1 Å². The lowest BCUT2D eigenvalue weighted by atomic mass is 10.1. The van der Waals surface area contributed by atoms with Crippen molar-refractivity contribution in [2.24, 2.45) is 13.0 Å². The van der Waals surface area contributed by atoms with Crippen molar-refractivity contribution in [3.8, 4) is 28.5 Å². The highest BCUT2D eigenvalue weighted by molar-refractivity contribution is 5.97. The van der Waals surface area contributed by atoms with E-state index in [0.29, 0.717) is 87.5 Å². The quantitative estimate of drug-likeness (QED) is 0.250. The van der Waals surface area contributed by atoms with Crippen LogP contribution in [0.1, 0.15) is 13.3 Å². The number of aromatic nitrogens is 8. The fourth-order valence-electron chi connectivity index (χ4n) is 6.36. The van der Waals surface area contributed by atoms with Crippen LogP contribution in [0, 0.1) is 5.92 Å². The number of carbonyl (C=O) groups is 2. The summed E-state index contributed by atoms with van der Waals surface area (Å²) >= 11 is 0. The molecule has 7 rings (SSSR count). The summed E-state index contributed by atoms with van der Waals surface area (Å²) < 4.78 is 6.84. The smallest absolute Gasteiger partial charge is 0.236 e. The van der Waals surface area contributed by atoms with Crippen LogP contribution in [0.4, 0.5) is 11.6 Å². The normalized spacial score (nSPS) is 16.9. The number of rotatable bonds is 9. The Morgan fingerprint density at radius 3 is 2.48 bits per heavy atom. The van der Waals surface area contributed by atoms with Crippen LogP contribution in [-0.2, 0) is 16.6 Å². The highest BCUT2D eigenvalue weighted by Crippen LogP contribution is 2.29. The van der Waals surface area contributed by atoms with E-state index in [1.54, 1.807) is 41.5 Å². The van der Waals surface area contributed by atoms with E-state index in [9.17, 15) is 9.59 Å². The average molecular weight is 651 g/mol. The Bertz CT molecular complexity index is 1900. The fourth-order valence-corrected chi connectivity index (χ4v) is 6.36. The maximum absolute atomic E-state index is 13.8. The zero-order valence-corrected chi connectivity index (χ0v) is 27.3. The highest BCUT2D eigenvalue weighted by atomic mass is 16.5. The molecule has 0 aliphatic carbocycles. The van der Waals surface area contributed by atoms with Gasteiger partial charge >= 0.3 is 0 Å². The Morgan fingerprint density at radius 2 is 1.79 bits per heavy atom. The molecule has 0 spiro atoms. The Hall–Kier alpha value is -5.44. The number of anilines is 2. The minimum atomic E-state index is -0.211. The molecular formula is C33H38N12O3. The number of hydrogen-bond acceptors (Lipinski definition) is 11. The van der Waals surface area contributed by atoms with E-state index in [-0.39, 0.29) is 17.7 Å².